The van der Waals surface area contributed by atoms with Crippen LogP contribution in [0.25, 0.3) is 11.1 Å². The summed E-state index contributed by atoms with van der Waals surface area (Å²) in [4.78, 5) is 24.7. The number of hydrogen-bond donors (Lipinski definition) is 1. The maximum absolute atomic E-state index is 12.4. The molecule has 0 unspecified atom stereocenters. The molecule has 1 amide bonds. The van der Waals surface area contributed by atoms with E-state index in [4.69, 9.17) is 4.74 Å². The molecule has 27 heavy (non-hydrogen) atoms. The van der Waals surface area contributed by atoms with Gasteiger partial charge in [-0.05, 0) is 24.5 Å². The summed E-state index contributed by atoms with van der Waals surface area (Å²) in [5.74, 6) is -0.577. The molecular weight excluding hydrogens is 358 g/mol. The van der Waals surface area contributed by atoms with Gasteiger partial charge in [0.1, 0.15) is 10.6 Å². The van der Waals surface area contributed by atoms with Gasteiger partial charge in [0.25, 0.3) is 0 Å². The quantitative estimate of drug-likeness (QED) is 0.608. The number of hydrogen-bond acceptors (Lipinski definition) is 4. The highest BCUT2D eigenvalue weighted by molar-refractivity contribution is 7.15. The van der Waals surface area contributed by atoms with Crippen molar-refractivity contribution in [2.45, 2.75) is 19.8 Å². The average Bonchev–Trinajstić information content (AvgIpc) is 3.10. The lowest BCUT2D eigenvalue weighted by atomic mass is 10.0. The Kier molecular flexibility index (Phi) is 6.04. The zero-order chi connectivity index (χ0) is 19.2. The van der Waals surface area contributed by atoms with E-state index in [1.54, 1.807) is 0 Å². The molecule has 0 saturated carbocycles. The lowest BCUT2D eigenvalue weighted by Crippen LogP contribution is -2.14. The standard InChI is InChI=1S/C22H21NO3S/c1-15-8-11-17(12-9-15)18-14-27-21(20(18)22(25)26-2)23-19(24)13-10-16-6-4-3-5-7-16/h3-9,11-12,14H,10,13H2,1-2H3,(H,23,24). The van der Waals surface area contributed by atoms with E-state index in [1.807, 2.05) is 66.9 Å². The zero-order valence-corrected chi connectivity index (χ0v) is 16.1. The van der Waals surface area contributed by atoms with Crippen LogP contribution in [-0.2, 0) is 16.0 Å². The van der Waals surface area contributed by atoms with Crippen LogP contribution in [0, 0.1) is 6.92 Å². The van der Waals surface area contributed by atoms with E-state index in [0.717, 1.165) is 22.3 Å². The van der Waals surface area contributed by atoms with Gasteiger partial charge in [-0.2, -0.15) is 0 Å². The Morgan fingerprint density at radius 2 is 1.74 bits per heavy atom. The van der Waals surface area contributed by atoms with Crippen LogP contribution in [-0.4, -0.2) is 19.0 Å². The van der Waals surface area contributed by atoms with Crippen LogP contribution in [0.1, 0.15) is 27.9 Å². The third-order valence-electron chi connectivity index (χ3n) is 4.28. The highest BCUT2D eigenvalue weighted by atomic mass is 32.1. The van der Waals surface area contributed by atoms with Gasteiger partial charge < -0.3 is 10.1 Å². The molecule has 3 aromatic rings. The second-order valence-corrected chi connectivity index (χ2v) is 7.12. The molecule has 0 spiro atoms. The van der Waals surface area contributed by atoms with E-state index >= 15 is 0 Å². The van der Waals surface area contributed by atoms with E-state index in [0.29, 0.717) is 23.4 Å². The molecule has 3 rings (SSSR count). The summed E-state index contributed by atoms with van der Waals surface area (Å²) in [6, 6.07) is 17.8. The minimum atomic E-state index is -0.454. The Labute approximate surface area is 162 Å². The van der Waals surface area contributed by atoms with Gasteiger partial charge in [0.2, 0.25) is 5.91 Å². The fourth-order valence-electron chi connectivity index (χ4n) is 2.79. The Balaban J connectivity index is 1.79. The monoisotopic (exact) mass is 379 g/mol. The van der Waals surface area contributed by atoms with Crippen LogP contribution in [0.3, 0.4) is 0 Å². The number of anilines is 1. The van der Waals surface area contributed by atoms with Crippen LogP contribution < -0.4 is 5.32 Å². The molecule has 0 atom stereocenters. The van der Waals surface area contributed by atoms with Gasteiger partial charge in [0.15, 0.2) is 0 Å². The number of aryl methyl sites for hydroxylation is 2. The topological polar surface area (TPSA) is 55.4 Å². The number of carbonyl (C=O) groups excluding carboxylic acids is 2. The number of amides is 1. The smallest absolute Gasteiger partial charge is 0.341 e. The predicted octanol–water partition coefficient (Wildman–Crippen LogP) is 5.08. The first kappa shape index (κ1) is 18.9. The van der Waals surface area contributed by atoms with Crippen molar-refractivity contribution in [2.75, 3.05) is 12.4 Å². The Bertz CT molecular complexity index is 930. The molecule has 0 bridgehead atoms. The van der Waals surface area contributed by atoms with Gasteiger partial charge in [-0.15, -0.1) is 11.3 Å². The van der Waals surface area contributed by atoms with Crippen molar-refractivity contribution in [3.05, 3.63) is 76.7 Å². The van der Waals surface area contributed by atoms with E-state index < -0.39 is 5.97 Å². The SMILES string of the molecule is COC(=O)c1c(-c2ccc(C)cc2)csc1NC(=O)CCc1ccccc1. The van der Waals surface area contributed by atoms with Gasteiger partial charge in [-0.1, -0.05) is 60.2 Å². The molecule has 1 heterocycles. The number of carbonyl (C=O) groups is 2. The number of thiophene rings is 1. The van der Waals surface area contributed by atoms with Crippen molar-refractivity contribution in [3.63, 3.8) is 0 Å². The summed E-state index contributed by atoms with van der Waals surface area (Å²) in [7, 11) is 1.35. The maximum atomic E-state index is 12.4. The summed E-state index contributed by atoms with van der Waals surface area (Å²) in [6.45, 7) is 2.01. The van der Waals surface area contributed by atoms with Gasteiger partial charge in [-0.25, -0.2) is 4.79 Å². The maximum Gasteiger partial charge on any atom is 0.341 e. The second kappa shape index (κ2) is 8.64. The number of rotatable bonds is 6. The summed E-state index contributed by atoms with van der Waals surface area (Å²) in [5, 5.41) is 5.28. The van der Waals surface area contributed by atoms with Crippen LogP contribution in [0.5, 0.6) is 0 Å². The van der Waals surface area contributed by atoms with E-state index in [1.165, 1.54) is 18.4 Å². The molecule has 0 aliphatic rings. The Hall–Kier alpha value is -2.92. The fraction of sp³-hybridized carbons (Fsp3) is 0.182. The third kappa shape index (κ3) is 4.63. The van der Waals surface area contributed by atoms with Crippen LogP contribution in [0.15, 0.2) is 60.0 Å². The van der Waals surface area contributed by atoms with Crippen molar-refractivity contribution in [2.24, 2.45) is 0 Å². The van der Waals surface area contributed by atoms with Crippen molar-refractivity contribution in [1.82, 2.24) is 0 Å². The normalized spacial score (nSPS) is 10.4. The molecule has 0 radical (unpaired) electrons. The highest BCUT2D eigenvalue weighted by Gasteiger charge is 2.22. The fourth-order valence-corrected chi connectivity index (χ4v) is 3.77. The predicted molar refractivity (Wildman–Crippen MR) is 109 cm³/mol. The average molecular weight is 379 g/mol. The molecule has 2 aromatic carbocycles. The molecule has 4 nitrogen and oxygen atoms in total. The second-order valence-electron chi connectivity index (χ2n) is 6.24. The van der Waals surface area contributed by atoms with Crippen molar-refractivity contribution in [1.29, 1.82) is 0 Å². The molecule has 1 aromatic heterocycles. The van der Waals surface area contributed by atoms with Crippen molar-refractivity contribution < 1.29 is 14.3 Å². The zero-order valence-electron chi connectivity index (χ0n) is 15.3. The minimum absolute atomic E-state index is 0.124. The van der Waals surface area contributed by atoms with Crippen molar-refractivity contribution in [3.8, 4) is 11.1 Å². The summed E-state index contributed by atoms with van der Waals surface area (Å²) >= 11 is 1.34. The molecule has 138 valence electrons. The first-order valence-electron chi connectivity index (χ1n) is 8.69. The Morgan fingerprint density at radius 3 is 2.41 bits per heavy atom. The summed E-state index contributed by atoms with van der Waals surface area (Å²) < 4.78 is 4.95. The summed E-state index contributed by atoms with van der Waals surface area (Å²) in [6.07, 6.45) is 0.999. The molecule has 0 saturated heterocycles. The first-order chi connectivity index (χ1) is 13.1. The van der Waals surface area contributed by atoms with Crippen molar-refractivity contribution >= 4 is 28.2 Å². The number of benzene rings is 2. The third-order valence-corrected chi connectivity index (χ3v) is 5.18. The summed E-state index contributed by atoms with van der Waals surface area (Å²) in [5.41, 5.74) is 4.34. The minimum Gasteiger partial charge on any atom is -0.465 e. The largest absolute Gasteiger partial charge is 0.465 e. The lowest BCUT2D eigenvalue weighted by molar-refractivity contribution is -0.116. The van der Waals surface area contributed by atoms with E-state index in [-0.39, 0.29) is 5.91 Å². The molecule has 0 fully saturated rings. The van der Waals surface area contributed by atoms with Crippen LogP contribution in [0.2, 0.25) is 0 Å². The Morgan fingerprint density at radius 1 is 1.04 bits per heavy atom. The van der Waals surface area contributed by atoms with Gasteiger partial charge in [0.05, 0.1) is 7.11 Å². The van der Waals surface area contributed by atoms with Gasteiger partial charge in [0, 0.05) is 17.4 Å². The molecule has 1 N–H and O–H groups in total. The van der Waals surface area contributed by atoms with Gasteiger partial charge >= 0.3 is 5.97 Å². The number of esters is 1. The molecule has 0 aliphatic carbocycles. The molecular formula is C22H21NO3S. The van der Waals surface area contributed by atoms with E-state index in [9.17, 15) is 9.59 Å². The van der Waals surface area contributed by atoms with Crippen LogP contribution >= 0.6 is 11.3 Å². The highest BCUT2D eigenvalue weighted by Crippen LogP contribution is 2.36. The molecule has 0 aliphatic heterocycles. The molecule has 5 heteroatoms. The van der Waals surface area contributed by atoms with Crippen LogP contribution in [0.4, 0.5) is 5.00 Å². The number of ether oxygens (including phenoxy) is 1. The van der Waals surface area contributed by atoms with E-state index in [2.05, 4.69) is 5.32 Å². The first-order valence-corrected chi connectivity index (χ1v) is 9.57. The lowest BCUT2D eigenvalue weighted by Gasteiger charge is -2.08. The number of nitrogens with one attached hydrogen (secondary N) is 1. The van der Waals surface area contributed by atoms with Gasteiger partial charge in [-0.3, -0.25) is 4.79 Å². The number of methoxy groups -OCH3 is 1.